The molecule has 0 bridgehead atoms. The third-order valence-corrected chi connectivity index (χ3v) is 3.92. The molecule has 0 radical (unpaired) electrons. The van der Waals surface area contributed by atoms with Crippen molar-refractivity contribution in [2.75, 3.05) is 33.2 Å². The van der Waals surface area contributed by atoms with Crippen LogP contribution in [-0.4, -0.2) is 54.1 Å². The van der Waals surface area contributed by atoms with Crippen LogP contribution in [0.25, 0.3) is 6.08 Å². The highest BCUT2D eigenvalue weighted by Gasteiger charge is 2.15. The molecule has 21 heavy (non-hydrogen) atoms. The number of aromatic carboxylic acids is 1. The van der Waals surface area contributed by atoms with Crippen molar-refractivity contribution in [1.82, 2.24) is 9.80 Å². The summed E-state index contributed by atoms with van der Waals surface area (Å²) in [4.78, 5) is 15.9. The summed E-state index contributed by atoms with van der Waals surface area (Å²) in [6.45, 7) is 7.28. The van der Waals surface area contributed by atoms with Gasteiger partial charge in [-0.2, -0.15) is 0 Å². The predicted octanol–water partition coefficient (Wildman–Crippen LogP) is 2.56. The van der Waals surface area contributed by atoms with Gasteiger partial charge in [-0.3, -0.25) is 4.90 Å². The lowest BCUT2D eigenvalue weighted by Gasteiger charge is -2.32. The van der Waals surface area contributed by atoms with Gasteiger partial charge in [-0.1, -0.05) is 25.1 Å². The Labute approximate surface area is 126 Å². The minimum Gasteiger partial charge on any atom is -0.478 e. The Morgan fingerprint density at radius 3 is 2.62 bits per heavy atom. The molecule has 1 saturated heterocycles. The van der Waals surface area contributed by atoms with Gasteiger partial charge in [0.25, 0.3) is 0 Å². The van der Waals surface area contributed by atoms with Crippen molar-refractivity contribution in [2.24, 2.45) is 0 Å². The molecule has 4 heteroatoms. The van der Waals surface area contributed by atoms with E-state index in [1.807, 2.05) is 12.1 Å². The first-order valence-corrected chi connectivity index (χ1v) is 7.54. The van der Waals surface area contributed by atoms with E-state index in [-0.39, 0.29) is 0 Å². The molecule has 0 amide bonds. The van der Waals surface area contributed by atoms with E-state index in [9.17, 15) is 4.79 Å². The van der Waals surface area contributed by atoms with Crippen molar-refractivity contribution < 1.29 is 9.90 Å². The summed E-state index contributed by atoms with van der Waals surface area (Å²) >= 11 is 0. The van der Waals surface area contributed by atoms with Crippen molar-refractivity contribution in [1.29, 1.82) is 0 Å². The molecule has 0 aromatic heterocycles. The van der Waals surface area contributed by atoms with Crippen LogP contribution in [0, 0.1) is 0 Å². The maximum absolute atomic E-state index is 11.1. The standard InChI is InChI=1S/C17H24N2O2/c1-3-4-5-14-12-15(17(20)21)6-7-16(14)13-19-10-8-18(2)9-11-19/h4-7,12H,3,8-11,13H2,1-2H3,(H,20,21)/b5-4+. The highest BCUT2D eigenvalue weighted by Crippen LogP contribution is 2.17. The van der Waals surface area contributed by atoms with E-state index in [1.165, 1.54) is 5.56 Å². The molecule has 1 N–H and O–H groups in total. The van der Waals surface area contributed by atoms with E-state index in [2.05, 4.69) is 29.8 Å². The first kappa shape index (κ1) is 15.7. The minimum absolute atomic E-state index is 0.355. The summed E-state index contributed by atoms with van der Waals surface area (Å²) in [7, 11) is 2.15. The average Bonchev–Trinajstić information content (AvgIpc) is 2.48. The Morgan fingerprint density at radius 1 is 1.29 bits per heavy atom. The molecule has 0 saturated carbocycles. The number of rotatable bonds is 5. The van der Waals surface area contributed by atoms with Gasteiger partial charge in [0.2, 0.25) is 0 Å². The number of carboxylic acid groups (broad SMARTS) is 1. The lowest BCUT2D eigenvalue weighted by atomic mass is 10.0. The molecule has 1 aliphatic heterocycles. The molecule has 0 atom stereocenters. The van der Waals surface area contributed by atoms with Gasteiger partial charge in [0.15, 0.2) is 0 Å². The number of nitrogens with zero attached hydrogens (tertiary/aromatic N) is 2. The number of carboxylic acids is 1. The summed E-state index contributed by atoms with van der Waals surface area (Å²) in [6.07, 6.45) is 5.07. The molecule has 1 aliphatic rings. The van der Waals surface area contributed by atoms with E-state index in [1.54, 1.807) is 12.1 Å². The lowest BCUT2D eigenvalue weighted by molar-refractivity contribution is 0.0697. The highest BCUT2D eigenvalue weighted by molar-refractivity contribution is 5.88. The molecular formula is C17H24N2O2. The van der Waals surface area contributed by atoms with E-state index in [0.717, 1.165) is 44.7 Å². The van der Waals surface area contributed by atoms with Crippen LogP contribution >= 0.6 is 0 Å². The van der Waals surface area contributed by atoms with E-state index >= 15 is 0 Å². The van der Waals surface area contributed by atoms with Crippen LogP contribution in [0.5, 0.6) is 0 Å². The summed E-state index contributed by atoms with van der Waals surface area (Å²) in [5.41, 5.74) is 2.58. The van der Waals surface area contributed by atoms with Gasteiger partial charge in [0.1, 0.15) is 0 Å². The normalized spacial score (nSPS) is 17.4. The number of allylic oxidation sites excluding steroid dienone is 1. The van der Waals surface area contributed by atoms with Gasteiger partial charge in [0.05, 0.1) is 5.56 Å². The van der Waals surface area contributed by atoms with Crippen LogP contribution in [0.1, 0.15) is 34.8 Å². The Morgan fingerprint density at radius 2 is 2.00 bits per heavy atom. The molecule has 2 rings (SSSR count). The Hall–Kier alpha value is -1.65. The SMILES string of the molecule is CC/C=C/c1cc(C(=O)O)ccc1CN1CCN(C)CC1. The zero-order chi connectivity index (χ0) is 15.2. The van der Waals surface area contributed by atoms with Crippen molar-refractivity contribution in [3.05, 3.63) is 41.0 Å². The van der Waals surface area contributed by atoms with Gasteiger partial charge in [-0.05, 0) is 36.7 Å². The molecular weight excluding hydrogens is 264 g/mol. The van der Waals surface area contributed by atoms with Crippen LogP contribution in [0.2, 0.25) is 0 Å². The fourth-order valence-electron chi connectivity index (χ4n) is 2.52. The second-order valence-corrected chi connectivity index (χ2v) is 5.61. The number of piperazine rings is 1. The first-order chi connectivity index (χ1) is 10.1. The van der Waals surface area contributed by atoms with E-state index in [4.69, 9.17) is 5.11 Å². The van der Waals surface area contributed by atoms with Crippen molar-refractivity contribution in [3.63, 3.8) is 0 Å². The number of hydrogen-bond acceptors (Lipinski definition) is 3. The van der Waals surface area contributed by atoms with Gasteiger partial charge in [-0.25, -0.2) is 4.79 Å². The molecule has 1 aromatic rings. The van der Waals surface area contributed by atoms with Crippen LogP contribution in [0.4, 0.5) is 0 Å². The zero-order valence-electron chi connectivity index (χ0n) is 12.9. The number of likely N-dealkylation sites (N-methyl/N-ethyl adjacent to an activating group) is 1. The predicted molar refractivity (Wildman–Crippen MR) is 85.5 cm³/mol. The summed E-state index contributed by atoms with van der Waals surface area (Å²) in [6, 6.07) is 5.44. The number of carbonyl (C=O) groups is 1. The van der Waals surface area contributed by atoms with E-state index < -0.39 is 5.97 Å². The Bertz CT molecular complexity index is 518. The lowest BCUT2D eigenvalue weighted by Crippen LogP contribution is -2.43. The topological polar surface area (TPSA) is 43.8 Å². The minimum atomic E-state index is -0.868. The molecule has 0 spiro atoms. The molecule has 0 aliphatic carbocycles. The van der Waals surface area contributed by atoms with Crippen molar-refractivity contribution in [2.45, 2.75) is 19.9 Å². The van der Waals surface area contributed by atoms with Gasteiger partial charge < -0.3 is 10.0 Å². The molecule has 114 valence electrons. The molecule has 1 heterocycles. The molecule has 0 unspecified atom stereocenters. The van der Waals surface area contributed by atoms with Crippen LogP contribution in [0.3, 0.4) is 0 Å². The molecule has 1 fully saturated rings. The smallest absolute Gasteiger partial charge is 0.335 e. The highest BCUT2D eigenvalue weighted by atomic mass is 16.4. The monoisotopic (exact) mass is 288 g/mol. The fraction of sp³-hybridized carbons (Fsp3) is 0.471. The Balaban J connectivity index is 2.17. The van der Waals surface area contributed by atoms with Gasteiger partial charge in [0, 0.05) is 32.7 Å². The average molecular weight is 288 g/mol. The number of hydrogen-bond donors (Lipinski definition) is 1. The number of benzene rings is 1. The maximum Gasteiger partial charge on any atom is 0.335 e. The summed E-state index contributed by atoms with van der Waals surface area (Å²) in [5, 5.41) is 9.14. The first-order valence-electron chi connectivity index (χ1n) is 7.54. The molecule has 4 nitrogen and oxygen atoms in total. The Kier molecular flexibility index (Phi) is 5.53. The third-order valence-electron chi connectivity index (χ3n) is 3.92. The van der Waals surface area contributed by atoms with Crippen LogP contribution in [-0.2, 0) is 6.54 Å². The van der Waals surface area contributed by atoms with E-state index in [0.29, 0.717) is 5.56 Å². The second kappa shape index (κ2) is 7.38. The molecule has 1 aromatic carbocycles. The third kappa shape index (κ3) is 4.41. The summed E-state index contributed by atoms with van der Waals surface area (Å²) < 4.78 is 0. The largest absolute Gasteiger partial charge is 0.478 e. The summed E-state index contributed by atoms with van der Waals surface area (Å²) in [5.74, 6) is -0.868. The van der Waals surface area contributed by atoms with Gasteiger partial charge in [-0.15, -0.1) is 0 Å². The second-order valence-electron chi connectivity index (χ2n) is 5.61. The van der Waals surface area contributed by atoms with Crippen LogP contribution < -0.4 is 0 Å². The zero-order valence-corrected chi connectivity index (χ0v) is 12.9. The quantitative estimate of drug-likeness (QED) is 0.904. The van der Waals surface area contributed by atoms with Crippen molar-refractivity contribution in [3.8, 4) is 0 Å². The van der Waals surface area contributed by atoms with Crippen molar-refractivity contribution >= 4 is 12.0 Å². The maximum atomic E-state index is 11.1. The van der Waals surface area contributed by atoms with Gasteiger partial charge >= 0.3 is 5.97 Å². The fourth-order valence-corrected chi connectivity index (χ4v) is 2.52. The van der Waals surface area contributed by atoms with Crippen LogP contribution in [0.15, 0.2) is 24.3 Å².